The molecule has 0 nitrogen and oxygen atoms in total. The monoisotopic (exact) mass is 433 g/mol. The van der Waals surface area contributed by atoms with Gasteiger partial charge in [-0.05, 0) is 31.2 Å². The van der Waals surface area contributed by atoms with Crippen molar-refractivity contribution in [2.24, 2.45) is 5.41 Å². The predicted molar refractivity (Wildman–Crippen MR) is 142 cm³/mol. The fourth-order valence-corrected chi connectivity index (χ4v) is 9.93. The molecule has 1 aromatic carbocycles. The van der Waals surface area contributed by atoms with Crippen LogP contribution >= 0.6 is 0 Å². The van der Waals surface area contributed by atoms with Crippen LogP contribution in [-0.2, 0) is 0 Å². The van der Waals surface area contributed by atoms with E-state index in [4.69, 9.17) is 0 Å². The molecule has 2 unspecified atom stereocenters. The summed E-state index contributed by atoms with van der Waals surface area (Å²) < 4.78 is 0. The van der Waals surface area contributed by atoms with E-state index in [-0.39, 0.29) is 5.41 Å². The van der Waals surface area contributed by atoms with Crippen molar-refractivity contribution >= 4 is 14.0 Å². The van der Waals surface area contributed by atoms with Crippen molar-refractivity contribution in [3.63, 3.8) is 0 Å². The van der Waals surface area contributed by atoms with Crippen molar-refractivity contribution in [3.05, 3.63) is 131 Å². The van der Waals surface area contributed by atoms with Gasteiger partial charge in [0.05, 0.1) is 8.80 Å². The standard InChI is InChI=1S/C31H33Si/c1-24(25-14-6-7-15-25)31(27-18-10-11-19-27,28-20-12-13-21-28)30(26-16-8-9-17-26)32(2)29-22-4-3-5-23-29/h3-14,16,18,20,22-23,30,32H,15,17,19,21H2,1-2H3. The summed E-state index contributed by atoms with van der Waals surface area (Å²) in [6.07, 6.45) is 32.4. The van der Waals surface area contributed by atoms with Gasteiger partial charge in [-0.1, -0.05) is 144 Å². The number of benzene rings is 1. The van der Waals surface area contributed by atoms with Gasteiger partial charge in [-0.3, -0.25) is 0 Å². The van der Waals surface area contributed by atoms with Gasteiger partial charge in [0.25, 0.3) is 0 Å². The van der Waals surface area contributed by atoms with Crippen molar-refractivity contribution in [3.8, 4) is 0 Å². The first-order valence-corrected chi connectivity index (χ1v) is 14.5. The molecule has 0 bridgehead atoms. The van der Waals surface area contributed by atoms with E-state index in [2.05, 4.69) is 117 Å². The highest BCUT2D eigenvalue weighted by molar-refractivity contribution is 6.74. The first-order valence-electron chi connectivity index (χ1n) is 12.1. The minimum Gasteiger partial charge on any atom is -0.0805 e. The minimum atomic E-state index is -1.38. The smallest absolute Gasteiger partial charge is 0.0763 e. The van der Waals surface area contributed by atoms with Crippen LogP contribution in [0.15, 0.2) is 126 Å². The molecule has 2 atom stereocenters. The second-order valence-corrected chi connectivity index (χ2v) is 12.4. The van der Waals surface area contributed by atoms with E-state index in [1.807, 2.05) is 0 Å². The first kappa shape index (κ1) is 21.2. The van der Waals surface area contributed by atoms with E-state index in [1.54, 1.807) is 27.8 Å². The third-order valence-corrected chi connectivity index (χ3v) is 11.3. The van der Waals surface area contributed by atoms with Crippen LogP contribution in [0.25, 0.3) is 0 Å². The summed E-state index contributed by atoms with van der Waals surface area (Å²) in [5, 5.41) is 1.57. The van der Waals surface area contributed by atoms with Crippen LogP contribution in [0.4, 0.5) is 0 Å². The van der Waals surface area contributed by atoms with Crippen LogP contribution in [-0.4, -0.2) is 8.80 Å². The molecule has 0 saturated carbocycles. The molecule has 161 valence electrons. The molecule has 0 spiro atoms. The molecule has 32 heavy (non-hydrogen) atoms. The molecule has 0 aromatic heterocycles. The quantitative estimate of drug-likeness (QED) is 0.379. The maximum Gasteiger partial charge on any atom is 0.0763 e. The van der Waals surface area contributed by atoms with Gasteiger partial charge in [-0.2, -0.15) is 0 Å². The highest BCUT2D eigenvalue weighted by Gasteiger charge is 2.53. The lowest BCUT2D eigenvalue weighted by molar-refractivity contribution is 0.434. The second-order valence-electron chi connectivity index (χ2n) is 9.46. The molecular formula is C31H33Si. The lowest BCUT2D eigenvalue weighted by Gasteiger charge is -2.51. The van der Waals surface area contributed by atoms with E-state index >= 15 is 0 Å². The molecule has 0 saturated heterocycles. The average Bonchev–Trinajstić information content (AvgIpc) is 3.65. The molecule has 1 radical (unpaired) electrons. The zero-order valence-electron chi connectivity index (χ0n) is 19.3. The molecule has 0 aliphatic heterocycles. The fraction of sp³-hybridized carbons (Fsp3) is 0.258. The summed E-state index contributed by atoms with van der Waals surface area (Å²) in [4.78, 5) is 0. The minimum absolute atomic E-state index is 0.0514. The molecule has 1 heteroatoms. The molecule has 4 aliphatic carbocycles. The van der Waals surface area contributed by atoms with E-state index in [0.29, 0.717) is 5.54 Å². The summed E-state index contributed by atoms with van der Waals surface area (Å²) in [5.74, 6) is 1.57. The van der Waals surface area contributed by atoms with Crippen LogP contribution in [0.1, 0.15) is 32.6 Å². The molecule has 4 aliphatic rings. The van der Waals surface area contributed by atoms with Gasteiger partial charge >= 0.3 is 0 Å². The van der Waals surface area contributed by atoms with Crippen molar-refractivity contribution in [1.29, 1.82) is 0 Å². The van der Waals surface area contributed by atoms with Crippen molar-refractivity contribution < 1.29 is 0 Å². The number of rotatable bonds is 8. The summed E-state index contributed by atoms with van der Waals surface area (Å²) >= 11 is 0. The molecule has 0 fully saturated rings. The summed E-state index contributed by atoms with van der Waals surface area (Å²) in [7, 11) is -1.38. The van der Waals surface area contributed by atoms with Crippen LogP contribution in [0.3, 0.4) is 0 Å². The predicted octanol–water partition coefficient (Wildman–Crippen LogP) is 7.25. The number of allylic oxidation sites excluding steroid dienone is 16. The van der Waals surface area contributed by atoms with Gasteiger partial charge in [0, 0.05) is 11.3 Å². The van der Waals surface area contributed by atoms with Gasteiger partial charge in [0.2, 0.25) is 0 Å². The van der Waals surface area contributed by atoms with E-state index < -0.39 is 8.80 Å². The maximum atomic E-state index is 2.59. The topological polar surface area (TPSA) is 0 Å². The molecule has 0 heterocycles. The molecule has 1 aromatic rings. The Kier molecular flexibility index (Phi) is 6.02. The normalized spacial score (nSPS) is 21.2. The summed E-state index contributed by atoms with van der Waals surface area (Å²) in [6, 6.07) is 11.4. The first-order chi connectivity index (χ1) is 15.7. The van der Waals surface area contributed by atoms with Gasteiger partial charge in [-0.15, -0.1) is 0 Å². The summed E-state index contributed by atoms with van der Waals surface area (Å²) in [6.45, 7) is 5.04. The van der Waals surface area contributed by atoms with Crippen molar-refractivity contribution in [2.75, 3.05) is 0 Å². The van der Waals surface area contributed by atoms with Crippen LogP contribution in [0, 0.1) is 11.3 Å². The van der Waals surface area contributed by atoms with E-state index in [1.165, 1.54) is 5.57 Å². The van der Waals surface area contributed by atoms with E-state index in [0.717, 1.165) is 25.7 Å². The van der Waals surface area contributed by atoms with Gasteiger partial charge in [0.15, 0.2) is 0 Å². The molecule has 5 rings (SSSR count). The number of hydrogen-bond acceptors (Lipinski definition) is 0. The van der Waals surface area contributed by atoms with Crippen LogP contribution in [0.5, 0.6) is 0 Å². The van der Waals surface area contributed by atoms with Crippen LogP contribution < -0.4 is 5.19 Å². The third kappa shape index (κ3) is 3.53. The van der Waals surface area contributed by atoms with Crippen LogP contribution in [0.2, 0.25) is 12.1 Å². The molecule has 0 N–H and O–H groups in total. The summed E-state index contributed by atoms with van der Waals surface area (Å²) in [5.41, 5.74) is 6.77. The van der Waals surface area contributed by atoms with Gasteiger partial charge < -0.3 is 0 Å². The third-order valence-electron chi connectivity index (χ3n) is 7.89. The maximum absolute atomic E-state index is 2.59. The highest BCUT2D eigenvalue weighted by atomic mass is 28.3. The zero-order valence-corrected chi connectivity index (χ0v) is 20.5. The molecular weight excluding hydrogens is 400 g/mol. The fourth-order valence-electron chi connectivity index (χ4n) is 6.40. The van der Waals surface area contributed by atoms with Crippen molar-refractivity contribution in [2.45, 2.75) is 44.7 Å². The Morgan fingerprint density at radius 3 is 1.88 bits per heavy atom. The Balaban J connectivity index is 1.74. The van der Waals surface area contributed by atoms with Gasteiger partial charge in [-0.25, -0.2) is 0 Å². The van der Waals surface area contributed by atoms with Crippen molar-refractivity contribution in [1.82, 2.24) is 0 Å². The van der Waals surface area contributed by atoms with Gasteiger partial charge in [0.1, 0.15) is 0 Å². The molecule has 0 amide bonds. The Labute approximate surface area is 195 Å². The lowest BCUT2D eigenvalue weighted by Crippen LogP contribution is -2.47. The Morgan fingerprint density at radius 1 is 0.750 bits per heavy atom. The SMILES string of the molecule is C[C](C1=CC=CC1)C(C1=CC=CC1)(C1=CC=CC1)C(C1=CC=CC1)[SiH](C)c1ccccc1. The Morgan fingerprint density at radius 2 is 1.34 bits per heavy atom. The largest absolute Gasteiger partial charge is 0.0805 e. The zero-order chi connectivity index (χ0) is 22.0. The lowest BCUT2D eigenvalue weighted by atomic mass is 9.59. The second kappa shape index (κ2) is 9.08. The average molecular weight is 434 g/mol. The number of hydrogen-bond donors (Lipinski definition) is 0. The van der Waals surface area contributed by atoms with E-state index in [9.17, 15) is 0 Å². The Bertz CT molecular complexity index is 1070. The Hall–Kier alpha value is -2.64. The highest BCUT2D eigenvalue weighted by Crippen LogP contribution is 2.62.